The van der Waals surface area contributed by atoms with Crippen LogP contribution in [0, 0.1) is 5.92 Å². The summed E-state index contributed by atoms with van der Waals surface area (Å²) in [7, 11) is 0. The molecule has 2 N–H and O–H groups in total. The third-order valence-electron chi connectivity index (χ3n) is 4.77. The highest BCUT2D eigenvalue weighted by Crippen LogP contribution is 2.18. The Balaban J connectivity index is 2.04. The third-order valence-corrected chi connectivity index (χ3v) is 4.77. The van der Waals surface area contributed by atoms with Gasteiger partial charge in [-0.25, -0.2) is 0 Å². The van der Waals surface area contributed by atoms with Crippen LogP contribution in [-0.2, 0) is 19.2 Å². The topological polar surface area (TPSA) is 98.8 Å². The molecule has 0 spiro atoms. The van der Waals surface area contributed by atoms with Crippen LogP contribution < -0.4 is 10.6 Å². The predicted molar refractivity (Wildman–Crippen MR) is 113 cm³/mol. The quantitative estimate of drug-likeness (QED) is 0.678. The van der Waals surface area contributed by atoms with Gasteiger partial charge in [-0.3, -0.25) is 19.2 Å². The lowest BCUT2D eigenvalue weighted by Crippen LogP contribution is -2.56. The first-order valence-corrected chi connectivity index (χ1v) is 10.4. The Morgan fingerprint density at radius 3 is 1.97 bits per heavy atom. The zero-order chi connectivity index (χ0) is 22.3. The molecule has 1 aromatic rings. The van der Waals surface area contributed by atoms with Crippen molar-refractivity contribution in [2.45, 2.75) is 46.2 Å². The van der Waals surface area contributed by atoms with Crippen LogP contribution in [0.15, 0.2) is 30.3 Å². The number of hydrogen-bond acceptors (Lipinski definition) is 4. The van der Waals surface area contributed by atoms with E-state index in [1.54, 1.807) is 18.7 Å². The number of piperazine rings is 1. The minimum absolute atomic E-state index is 0.120. The average molecular weight is 417 g/mol. The van der Waals surface area contributed by atoms with Crippen LogP contribution in [0.25, 0.3) is 0 Å². The molecule has 2 rings (SSSR count). The van der Waals surface area contributed by atoms with E-state index >= 15 is 0 Å². The van der Waals surface area contributed by atoms with E-state index in [1.165, 1.54) is 4.90 Å². The number of rotatable bonds is 6. The molecule has 0 aromatic heterocycles. The molecule has 8 nitrogen and oxygen atoms in total. The first-order chi connectivity index (χ1) is 14.2. The normalized spacial score (nSPS) is 15.1. The number of hydrogen-bond donors (Lipinski definition) is 2. The van der Waals surface area contributed by atoms with E-state index in [1.807, 2.05) is 44.2 Å². The van der Waals surface area contributed by atoms with E-state index in [0.29, 0.717) is 19.5 Å². The van der Waals surface area contributed by atoms with E-state index < -0.39 is 17.9 Å². The minimum atomic E-state index is -0.774. The van der Waals surface area contributed by atoms with Crippen molar-refractivity contribution in [3.63, 3.8) is 0 Å². The van der Waals surface area contributed by atoms with Crippen molar-refractivity contribution in [2.24, 2.45) is 5.92 Å². The maximum atomic E-state index is 13.2. The number of nitrogens with one attached hydrogen (secondary N) is 2. The van der Waals surface area contributed by atoms with Crippen LogP contribution in [0.1, 0.15) is 45.7 Å². The van der Waals surface area contributed by atoms with E-state index in [4.69, 9.17) is 0 Å². The Kier molecular flexibility index (Phi) is 8.38. The second kappa shape index (κ2) is 10.8. The first-order valence-electron chi connectivity index (χ1n) is 10.4. The maximum Gasteiger partial charge on any atom is 0.312 e. The summed E-state index contributed by atoms with van der Waals surface area (Å²) < 4.78 is 0. The SMILES string of the molecule is CC(C)CC(=O)NC(C(=O)N1CCN(C(=O)C(=O)NC(C)C)CC1)c1ccccc1. The van der Waals surface area contributed by atoms with Gasteiger partial charge in [0.25, 0.3) is 0 Å². The van der Waals surface area contributed by atoms with Gasteiger partial charge in [-0.2, -0.15) is 0 Å². The molecule has 4 amide bonds. The number of carbonyl (C=O) groups excluding carboxylic acids is 4. The van der Waals surface area contributed by atoms with Crippen molar-refractivity contribution in [2.75, 3.05) is 26.2 Å². The van der Waals surface area contributed by atoms with Crippen molar-refractivity contribution >= 4 is 23.6 Å². The zero-order valence-electron chi connectivity index (χ0n) is 18.2. The fourth-order valence-corrected chi connectivity index (χ4v) is 3.30. The van der Waals surface area contributed by atoms with Crippen LogP contribution in [0.3, 0.4) is 0 Å². The van der Waals surface area contributed by atoms with E-state index in [0.717, 1.165) is 5.56 Å². The number of amides is 4. The molecule has 8 heteroatoms. The second-order valence-corrected chi connectivity index (χ2v) is 8.25. The molecule has 0 saturated carbocycles. The monoisotopic (exact) mass is 416 g/mol. The van der Waals surface area contributed by atoms with Gasteiger partial charge in [0.1, 0.15) is 6.04 Å². The van der Waals surface area contributed by atoms with Crippen molar-refractivity contribution in [1.82, 2.24) is 20.4 Å². The van der Waals surface area contributed by atoms with Crippen LogP contribution >= 0.6 is 0 Å². The van der Waals surface area contributed by atoms with E-state index in [-0.39, 0.29) is 36.9 Å². The van der Waals surface area contributed by atoms with Crippen molar-refractivity contribution in [1.29, 1.82) is 0 Å². The number of nitrogens with zero attached hydrogens (tertiary/aromatic N) is 2. The van der Waals surface area contributed by atoms with E-state index in [2.05, 4.69) is 10.6 Å². The first kappa shape index (κ1) is 23.4. The fourth-order valence-electron chi connectivity index (χ4n) is 3.30. The molecule has 1 aliphatic heterocycles. The molecule has 164 valence electrons. The highest BCUT2D eigenvalue weighted by atomic mass is 16.2. The molecule has 30 heavy (non-hydrogen) atoms. The Labute approximate surface area is 178 Å². The summed E-state index contributed by atoms with van der Waals surface area (Å²) in [6.45, 7) is 8.65. The average Bonchev–Trinajstić information content (AvgIpc) is 2.70. The summed E-state index contributed by atoms with van der Waals surface area (Å²) in [5, 5.41) is 5.45. The van der Waals surface area contributed by atoms with Crippen molar-refractivity contribution in [3.05, 3.63) is 35.9 Å². The second-order valence-electron chi connectivity index (χ2n) is 8.25. The van der Waals surface area contributed by atoms with Gasteiger partial charge in [-0.15, -0.1) is 0 Å². The van der Waals surface area contributed by atoms with Gasteiger partial charge < -0.3 is 20.4 Å². The lowest BCUT2D eigenvalue weighted by molar-refractivity contribution is -0.149. The summed E-state index contributed by atoms with van der Waals surface area (Å²) in [6.07, 6.45) is 0.337. The van der Waals surface area contributed by atoms with Crippen LogP contribution in [0.4, 0.5) is 0 Å². The van der Waals surface area contributed by atoms with Gasteiger partial charge >= 0.3 is 11.8 Å². The van der Waals surface area contributed by atoms with E-state index in [9.17, 15) is 19.2 Å². The molecule has 0 radical (unpaired) electrons. The smallest absolute Gasteiger partial charge is 0.312 e. The van der Waals surface area contributed by atoms with Crippen molar-refractivity contribution in [3.8, 4) is 0 Å². The molecule has 1 unspecified atom stereocenters. The molecule has 1 saturated heterocycles. The summed E-state index contributed by atoms with van der Waals surface area (Å²) in [5.41, 5.74) is 0.717. The predicted octanol–water partition coefficient (Wildman–Crippen LogP) is 1.09. The third kappa shape index (κ3) is 6.57. The standard InChI is InChI=1S/C22H32N4O4/c1-15(2)14-18(27)24-19(17-8-6-5-7-9-17)21(29)25-10-12-26(13-11-25)22(30)20(28)23-16(3)4/h5-9,15-16,19H,10-14H2,1-4H3,(H,23,28)(H,24,27). The van der Waals surface area contributed by atoms with Gasteiger partial charge in [-0.05, 0) is 25.3 Å². The summed E-state index contributed by atoms with van der Waals surface area (Å²) >= 11 is 0. The summed E-state index contributed by atoms with van der Waals surface area (Å²) in [6, 6.07) is 8.24. The van der Waals surface area contributed by atoms with Gasteiger partial charge in [0.05, 0.1) is 0 Å². The van der Waals surface area contributed by atoms with Gasteiger partial charge in [0.2, 0.25) is 11.8 Å². The van der Waals surface area contributed by atoms with Crippen molar-refractivity contribution < 1.29 is 19.2 Å². The minimum Gasteiger partial charge on any atom is -0.346 e. The van der Waals surface area contributed by atoms with Crippen LogP contribution in [0.2, 0.25) is 0 Å². The zero-order valence-corrected chi connectivity index (χ0v) is 18.2. The Morgan fingerprint density at radius 1 is 0.867 bits per heavy atom. The maximum absolute atomic E-state index is 13.2. The summed E-state index contributed by atoms with van der Waals surface area (Å²) in [4.78, 5) is 52.9. The lowest BCUT2D eigenvalue weighted by Gasteiger charge is -2.36. The summed E-state index contributed by atoms with van der Waals surface area (Å²) in [5.74, 6) is -1.42. The fraction of sp³-hybridized carbons (Fsp3) is 0.545. The molecule has 0 aliphatic carbocycles. The van der Waals surface area contributed by atoms with Gasteiger partial charge in [0.15, 0.2) is 0 Å². The van der Waals surface area contributed by atoms with Crippen LogP contribution in [-0.4, -0.2) is 65.6 Å². The molecular formula is C22H32N4O4. The Bertz CT molecular complexity index is 756. The molecule has 1 heterocycles. The molecule has 1 fully saturated rings. The number of benzene rings is 1. The van der Waals surface area contributed by atoms with Gasteiger partial charge in [-0.1, -0.05) is 44.2 Å². The number of carbonyl (C=O) groups is 4. The van der Waals surface area contributed by atoms with Gasteiger partial charge in [0, 0.05) is 38.6 Å². The molecular weight excluding hydrogens is 384 g/mol. The molecule has 1 aromatic carbocycles. The highest BCUT2D eigenvalue weighted by molar-refractivity contribution is 6.35. The lowest BCUT2D eigenvalue weighted by atomic mass is 10.0. The molecule has 0 bridgehead atoms. The largest absolute Gasteiger partial charge is 0.346 e. The Morgan fingerprint density at radius 2 is 1.43 bits per heavy atom. The Hall–Kier alpha value is -2.90. The highest BCUT2D eigenvalue weighted by Gasteiger charge is 2.32. The molecule has 1 aliphatic rings. The van der Waals surface area contributed by atoms with Crippen LogP contribution in [0.5, 0.6) is 0 Å². The molecule has 1 atom stereocenters.